The molecule has 1 saturated heterocycles. The van der Waals surface area contributed by atoms with Crippen molar-refractivity contribution in [1.82, 2.24) is 10.2 Å². The fourth-order valence-corrected chi connectivity index (χ4v) is 3.78. The largest absolute Gasteiger partial charge is 0.349 e. The summed E-state index contributed by atoms with van der Waals surface area (Å²) in [5.74, 6) is -0.110. The van der Waals surface area contributed by atoms with Gasteiger partial charge in [-0.25, -0.2) is 0 Å². The van der Waals surface area contributed by atoms with E-state index in [1.807, 2.05) is 0 Å². The van der Waals surface area contributed by atoms with Crippen LogP contribution in [0.15, 0.2) is 42.5 Å². The van der Waals surface area contributed by atoms with Gasteiger partial charge in [-0.05, 0) is 43.5 Å². The number of carbonyl (C=O) groups excluding carboxylic acids is 1. The molecule has 0 bridgehead atoms. The van der Waals surface area contributed by atoms with E-state index in [2.05, 4.69) is 41.4 Å². The Bertz CT molecular complexity index is 735. The van der Waals surface area contributed by atoms with Crippen LogP contribution in [0.3, 0.4) is 0 Å². The third-order valence-corrected chi connectivity index (χ3v) is 4.97. The minimum atomic E-state index is -0.110. The van der Waals surface area contributed by atoms with Crippen LogP contribution in [0, 0.1) is 6.92 Å². The average Bonchev–Trinajstić information content (AvgIpc) is 2.56. The predicted molar refractivity (Wildman–Crippen MR) is 103 cm³/mol. The minimum absolute atomic E-state index is 0.110. The summed E-state index contributed by atoms with van der Waals surface area (Å²) in [7, 11) is 0. The van der Waals surface area contributed by atoms with Crippen molar-refractivity contribution in [3.8, 4) is 0 Å². The molecule has 5 heteroatoms. The zero-order chi connectivity index (χ0) is 17.8. The Labute approximate surface area is 158 Å². The molecule has 0 aliphatic carbocycles. The second-order valence-electron chi connectivity index (χ2n) is 6.67. The van der Waals surface area contributed by atoms with E-state index in [0.29, 0.717) is 15.6 Å². The number of amides is 1. The molecule has 1 aliphatic heterocycles. The van der Waals surface area contributed by atoms with Crippen LogP contribution in [-0.4, -0.2) is 29.9 Å². The van der Waals surface area contributed by atoms with E-state index in [-0.39, 0.29) is 11.9 Å². The van der Waals surface area contributed by atoms with Crippen LogP contribution in [0.5, 0.6) is 0 Å². The zero-order valence-corrected chi connectivity index (χ0v) is 15.8. The van der Waals surface area contributed by atoms with Gasteiger partial charge in [-0.3, -0.25) is 9.69 Å². The van der Waals surface area contributed by atoms with Gasteiger partial charge < -0.3 is 5.32 Å². The van der Waals surface area contributed by atoms with Crippen molar-refractivity contribution in [2.45, 2.75) is 32.4 Å². The number of aryl methyl sites for hydroxylation is 1. The molecule has 25 heavy (non-hydrogen) atoms. The Morgan fingerprint density at radius 3 is 2.44 bits per heavy atom. The van der Waals surface area contributed by atoms with E-state index in [4.69, 9.17) is 23.2 Å². The topological polar surface area (TPSA) is 32.3 Å². The van der Waals surface area contributed by atoms with E-state index >= 15 is 0 Å². The zero-order valence-electron chi connectivity index (χ0n) is 14.3. The molecule has 1 amide bonds. The number of hydrogen-bond donors (Lipinski definition) is 1. The molecule has 1 N–H and O–H groups in total. The Balaban J connectivity index is 1.51. The Kier molecular flexibility index (Phi) is 6.00. The van der Waals surface area contributed by atoms with Crippen LogP contribution in [0.1, 0.15) is 34.3 Å². The highest BCUT2D eigenvalue weighted by atomic mass is 35.5. The Hall–Kier alpha value is -1.55. The van der Waals surface area contributed by atoms with Crippen molar-refractivity contribution < 1.29 is 4.79 Å². The van der Waals surface area contributed by atoms with E-state index in [1.165, 1.54) is 11.1 Å². The summed E-state index contributed by atoms with van der Waals surface area (Å²) in [6, 6.07) is 13.7. The van der Waals surface area contributed by atoms with Crippen molar-refractivity contribution in [2.24, 2.45) is 0 Å². The van der Waals surface area contributed by atoms with E-state index in [9.17, 15) is 4.79 Å². The molecule has 3 rings (SSSR count). The maximum Gasteiger partial charge on any atom is 0.251 e. The summed E-state index contributed by atoms with van der Waals surface area (Å²) in [4.78, 5) is 14.8. The summed E-state index contributed by atoms with van der Waals surface area (Å²) in [6.45, 7) is 5.05. The highest BCUT2D eigenvalue weighted by Crippen LogP contribution is 2.20. The van der Waals surface area contributed by atoms with Crippen LogP contribution in [0.25, 0.3) is 0 Å². The highest BCUT2D eigenvalue weighted by molar-refractivity contribution is 6.35. The van der Waals surface area contributed by atoms with Gasteiger partial charge in [0.15, 0.2) is 0 Å². The number of piperidine rings is 1. The number of carbonyl (C=O) groups is 1. The van der Waals surface area contributed by atoms with Crippen LogP contribution in [-0.2, 0) is 6.54 Å². The summed E-state index contributed by atoms with van der Waals surface area (Å²) >= 11 is 11.9. The Morgan fingerprint density at radius 1 is 1.12 bits per heavy atom. The van der Waals surface area contributed by atoms with Crippen molar-refractivity contribution in [2.75, 3.05) is 13.1 Å². The molecule has 2 aromatic carbocycles. The number of likely N-dealkylation sites (tertiary alicyclic amines) is 1. The first-order valence-corrected chi connectivity index (χ1v) is 9.30. The standard InChI is InChI=1S/C20H22Cl2N2O/c1-14-3-2-4-15(9-14)13-24-7-5-19(6-8-24)23-20(25)16-10-17(21)12-18(22)11-16/h2-4,9-12,19H,5-8,13H2,1H3,(H,23,25). The van der Waals surface area contributed by atoms with Crippen molar-refractivity contribution in [3.63, 3.8) is 0 Å². The van der Waals surface area contributed by atoms with Gasteiger partial charge in [0.2, 0.25) is 0 Å². The summed E-state index contributed by atoms with van der Waals surface area (Å²) < 4.78 is 0. The van der Waals surface area contributed by atoms with Gasteiger partial charge in [-0.1, -0.05) is 53.0 Å². The number of nitrogens with zero attached hydrogens (tertiary/aromatic N) is 1. The van der Waals surface area contributed by atoms with Gasteiger partial charge in [-0.15, -0.1) is 0 Å². The van der Waals surface area contributed by atoms with Gasteiger partial charge >= 0.3 is 0 Å². The van der Waals surface area contributed by atoms with Crippen LogP contribution >= 0.6 is 23.2 Å². The fraction of sp³-hybridized carbons (Fsp3) is 0.350. The quantitative estimate of drug-likeness (QED) is 0.838. The van der Waals surface area contributed by atoms with E-state index < -0.39 is 0 Å². The first-order valence-electron chi connectivity index (χ1n) is 8.54. The molecule has 0 saturated carbocycles. The average molecular weight is 377 g/mol. The number of hydrogen-bond acceptors (Lipinski definition) is 2. The number of benzene rings is 2. The lowest BCUT2D eigenvalue weighted by molar-refractivity contribution is 0.0909. The molecule has 0 atom stereocenters. The third-order valence-electron chi connectivity index (χ3n) is 4.54. The molecule has 0 unspecified atom stereocenters. The van der Waals surface area contributed by atoms with Crippen molar-refractivity contribution in [1.29, 1.82) is 0 Å². The smallest absolute Gasteiger partial charge is 0.251 e. The molecule has 132 valence electrons. The molecule has 3 nitrogen and oxygen atoms in total. The van der Waals surface area contributed by atoms with Crippen LogP contribution in [0.2, 0.25) is 10.0 Å². The number of nitrogens with one attached hydrogen (secondary N) is 1. The lowest BCUT2D eigenvalue weighted by Crippen LogP contribution is -2.44. The lowest BCUT2D eigenvalue weighted by atomic mass is 10.0. The molecular formula is C20H22Cl2N2O. The molecule has 2 aromatic rings. The summed E-state index contributed by atoms with van der Waals surface area (Å²) in [5.41, 5.74) is 3.15. The molecular weight excluding hydrogens is 355 g/mol. The molecule has 0 spiro atoms. The van der Waals surface area contributed by atoms with Gasteiger partial charge in [-0.2, -0.15) is 0 Å². The van der Waals surface area contributed by atoms with Gasteiger partial charge in [0, 0.05) is 41.3 Å². The maximum absolute atomic E-state index is 12.4. The molecule has 1 fully saturated rings. The normalized spacial score (nSPS) is 16.0. The monoisotopic (exact) mass is 376 g/mol. The molecule has 1 aliphatic rings. The van der Waals surface area contributed by atoms with Gasteiger partial charge in [0.05, 0.1) is 0 Å². The molecule has 0 radical (unpaired) electrons. The maximum atomic E-state index is 12.4. The Morgan fingerprint density at radius 2 is 1.80 bits per heavy atom. The van der Waals surface area contributed by atoms with Crippen molar-refractivity contribution in [3.05, 3.63) is 69.2 Å². The number of rotatable bonds is 4. The van der Waals surface area contributed by atoms with E-state index in [0.717, 1.165) is 32.5 Å². The fourth-order valence-electron chi connectivity index (χ4n) is 3.26. The second kappa shape index (κ2) is 8.22. The highest BCUT2D eigenvalue weighted by Gasteiger charge is 2.21. The molecule has 0 aromatic heterocycles. The molecule has 1 heterocycles. The minimum Gasteiger partial charge on any atom is -0.349 e. The van der Waals surface area contributed by atoms with Gasteiger partial charge in [0.25, 0.3) is 5.91 Å². The first-order chi connectivity index (χ1) is 12.0. The van der Waals surface area contributed by atoms with E-state index in [1.54, 1.807) is 18.2 Å². The lowest BCUT2D eigenvalue weighted by Gasteiger charge is -2.32. The van der Waals surface area contributed by atoms with Gasteiger partial charge in [0.1, 0.15) is 0 Å². The number of halogens is 2. The second-order valence-corrected chi connectivity index (χ2v) is 7.54. The SMILES string of the molecule is Cc1cccc(CN2CCC(NC(=O)c3cc(Cl)cc(Cl)c3)CC2)c1. The van der Waals surface area contributed by atoms with Crippen LogP contribution < -0.4 is 5.32 Å². The summed E-state index contributed by atoms with van der Waals surface area (Å²) in [6.07, 6.45) is 1.90. The summed E-state index contributed by atoms with van der Waals surface area (Å²) in [5, 5.41) is 4.06. The van der Waals surface area contributed by atoms with Crippen LogP contribution in [0.4, 0.5) is 0 Å². The first kappa shape index (κ1) is 18.2. The van der Waals surface area contributed by atoms with Crippen molar-refractivity contribution >= 4 is 29.1 Å². The third kappa shape index (κ3) is 5.21. The predicted octanol–water partition coefficient (Wildman–Crippen LogP) is 4.70.